The van der Waals surface area contributed by atoms with Gasteiger partial charge >= 0.3 is 0 Å². The summed E-state index contributed by atoms with van der Waals surface area (Å²) in [5.41, 5.74) is 1.30. The third-order valence-corrected chi connectivity index (χ3v) is 3.76. The molecular formula is C15H20O2. The number of hydrogen-bond acceptors (Lipinski definition) is 2. The van der Waals surface area contributed by atoms with Crippen molar-refractivity contribution in [2.75, 3.05) is 0 Å². The van der Waals surface area contributed by atoms with E-state index in [4.69, 9.17) is 0 Å². The summed E-state index contributed by atoms with van der Waals surface area (Å²) < 4.78 is 0. The Morgan fingerprint density at radius 3 is 2.47 bits per heavy atom. The minimum atomic E-state index is 0.324. The van der Waals surface area contributed by atoms with Crippen LogP contribution in [0, 0.1) is 5.92 Å². The Hall–Kier alpha value is -1.44. The van der Waals surface area contributed by atoms with Crippen LogP contribution in [-0.4, -0.2) is 10.2 Å². The smallest absolute Gasteiger partial charge is 0.115 e. The molecule has 0 saturated carbocycles. The number of allylic oxidation sites excluding steroid dienone is 2. The number of hydrogen-bond donors (Lipinski definition) is 2. The Morgan fingerprint density at radius 1 is 1.24 bits per heavy atom. The zero-order chi connectivity index (χ0) is 12.3. The van der Waals surface area contributed by atoms with Crippen LogP contribution in [0.1, 0.15) is 44.1 Å². The molecule has 17 heavy (non-hydrogen) atoms. The molecule has 2 N–H and O–H groups in total. The fourth-order valence-electron chi connectivity index (χ4n) is 2.77. The Bertz CT molecular complexity index is 392. The summed E-state index contributed by atoms with van der Waals surface area (Å²) in [7, 11) is 0. The van der Waals surface area contributed by atoms with E-state index in [2.05, 4.69) is 6.92 Å². The number of rotatable bonds is 3. The molecule has 2 atom stereocenters. The lowest BCUT2D eigenvalue weighted by molar-refractivity contribution is 0.307. The monoisotopic (exact) mass is 232 g/mol. The second kappa shape index (κ2) is 5.26. The molecule has 2 nitrogen and oxygen atoms in total. The maximum absolute atomic E-state index is 9.42. The highest BCUT2D eigenvalue weighted by molar-refractivity contribution is 5.29. The van der Waals surface area contributed by atoms with Crippen molar-refractivity contribution in [1.82, 2.24) is 0 Å². The van der Waals surface area contributed by atoms with E-state index < -0.39 is 0 Å². The van der Waals surface area contributed by atoms with Crippen LogP contribution in [0.3, 0.4) is 0 Å². The van der Waals surface area contributed by atoms with Gasteiger partial charge in [0.2, 0.25) is 0 Å². The summed E-state index contributed by atoms with van der Waals surface area (Å²) in [5.74, 6) is 2.01. The van der Waals surface area contributed by atoms with Gasteiger partial charge < -0.3 is 10.2 Å². The van der Waals surface area contributed by atoms with Crippen LogP contribution in [-0.2, 0) is 0 Å². The summed E-state index contributed by atoms with van der Waals surface area (Å²) in [5, 5.41) is 18.7. The van der Waals surface area contributed by atoms with Crippen LogP contribution in [0.2, 0.25) is 0 Å². The molecule has 1 aliphatic carbocycles. The van der Waals surface area contributed by atoms with E-state index in [9.17, 15) is 10.2 Å². The van der Waals surface area contributed by atoms with Crippen molar-refractivity contribution in [3.8, 4) is 5.75 Å². The van der Waals surface area contributed by atoms with Gasteiger partial charge in [-0.25, -0.2) is 0 Å². The lowest BCUT2D eigenvalue weighted by Crippen LogP contribution is -2.15. The van der Waals surface area contributed by atoms with Gasteiger partial charge in [0, 0.05) is 6.42 Å². The van der Waals surface area contributed by atoms with Crippen molar-refractivity contribution in [3.05, 3.63) is 41.7 Å². The van der Waals surface area contributed by atoms with Gasteiger partial charge in [0.05, 0.1) is 5.76 Å². The fourth-order valence-corrected chi connectivity index (χ4v) is 2.77. The Morgan fingerprint density at radius 2 is 1.94 bits per heavy atom. The molecular weight excluding hydrogens is 212 g/mol. The Labute approximate surface area is 103 Å². The molecule has 2 rings (SSSR count). The molecule has 2 unspecified atom stereocenters. The predicted octanol–water partition coefficient (Wildman–Crippen LogP) is 4.13. The van der Waals surface area contributed by atoms with Gasteiger partial charge in [-0.1, -0.05) is 19.1 Å². The summed E-state index contributed by atoms with van der Waals surface area (Å²) in [6.45, 7) is 2.20. The zero-order valence-corrected chi connectivity index (χ0v) is 10.3. The lowest BCUT2D eigenvalue weighted by atomic mass is 9.77. The van der Waals surface area contributed by atoms with Crippen LogP contribution in [0.4, 0.5) is 0 Å². The van der Waals surface area contributed by atoms with Gasteiger partial charge in [-0.05, 0) is 54.9 Å². The van der Waals surface area contributed by atoms with E-state index in [1.165, 1.54) is 5.56 Å². The van der Waals surface area contributed by atoms with Crippen molar-refractivity contribution in [2.45, 2.75) is 38.5 Å². The molecule has 0 bridgehead atoms. The highest BCUT2D eigenvalue weighted by Crippen LogP contribution is 2.37. The normalized spacial score (nSPS) is 21.9. The Balaban J connectivity index is 2.13. The van der Waals surface area contributed by atoms with Crippen molar-refractivity contribution in [2.24, 2.45) is 5.92 Å². The maximum Gasteiger partial charge on any atom is 0.115 e. The molecule has 1 aromatic rings. The van der Waals surface area contributed by atoms with Crippen LogP contribution in [0.25, 0.3) is 0 Å². The van der Waals surface area contributed by atoms with Gasteiger partial charge in [0.1, 0.15) is 5.75 Å². The molecule has 0 amide bonds. The first-order chi connectivity index (χ1) is 8.20. The van der Waals surface area contributed by atoms with Crippen LogP contribution in [0.5, 0.6) is 5.75 Å². The van der Waals surface area contributed by atoms with E-state index in [-0.39, 0.29) is 0 Å². The van der Waals surface area contributed by atoms with Gasteiger partial charge in [-0.15, -0.1) is 0 Å². The SMILES string of the molecule is CCC(c1ccc(O)cc1)C1CC=C(O)CC1. The van der Waals surface area contributed by atoms with Crippen molar-refractivity contribution >= 4 is 0 Å². The highest BCUT2D eigenvalue weighted by atomic mass is 16.3. The zero-order valence-electron chi connectivity index (χ0n) is 10.3. The van der Waals surface area contributed by atoms with Gasteiger partial charge in [-0.2, -0.15) is 0 Å². The van der Waals surface area contributed by atoms with Crippen molar-refractivity contribution in [3.63, 3.8) is 0 Å². The highest BCUT2D eigenvalue weighted by Gasteiger charge is 2.23. The molecule has 1 aliphatic rings. The summed E-state index contributed by atoms with van der Waals surface area (Å²) in [6.07, 6.45) is 5.88. The number of phenols is 1. The fraction of sp³-hybridized carbons (Fsp3) is 0.467. The van der Waals surface area contributed by atoms with Crippen LogP contribution in [0.15, 0.2) is 36.1 Å². The standard InChI is InChI=1S/C15H20O2/c1-2-15(11-3-7-13(16)8-4-11)12-5-9-14(17)10-6-12/h3-4,7-9,12,15-17H,2,5-6,10H2,1H3. The molecule has 2 heteroatoms. The first-order valence-corrected chi connectivity index (χ1v) is 6.37. The van der Waals surface area contributed by atoms with Crippen LogP contribution < -0.4 is 0 Å². The molecule has 1 aromatic carbocycles. The quantitative estimate of drug-likeness (QED) is 0.822. The number of aromatic hydroxyl groups is 1. The topological polar surface area (TPSA) is 40.5 Å². The maximum atomic E-state index is 9.42. The third-order valence-electron chi connectivity index (χ3n) is 3.76. The minimum Gasteiger partial charge on any atom is -0.513 e. The summed E-state index contributed by atoms with van der Waals surface area (Å²) in [4.78, 5) is 0. The van der Waals surface area contributed by atoms with E-state index >= 15 is 0 Å². The van der Waals surface area contributed by atoms with Gasteiger partial charge in [-0.3, -0.25) is 0 Å². The number of phenolic OH excluding ortho intramolecular Hbond substituents is 1. The predicted molar refractivity (Wildman–Crippen MR) is 69.2 cm³/mol. The molecule has 0 saturated heterocycles. The number of aliphatic hydroxyl groups excluding tert-OH is 1. The second-order valence-corrected chi connectivity index (χ2v) is 4.84. The molecule has 0 fully saturated rings. The average Bonchev–Trinajstić information content (AvgIpc) is 2.35. The molecule has 0 aliphatic heterocycles. The van der Waals surface area contributed by atoms with Crippen LogP contribution >= 0.6 is 0 Å². The molecule has 0 radical (unpaired) electrons. The lowest BCUT2D eigenvalue weighted by Gasteiger charge is -2.28. The van der Waals surface area contributed by atoms with E-state index in [0.717, 1.165) is 25.7 Å². The number of benzene rings is 1. The van der Waals surface area contributed by atoms with E-state index in [0.29, 0.717) is 23.3 Å². The summed E-state index contributed by atoms with van der Waals surface area (Å²) in [6, 6.07) is 7.55. The molecule has 92 valence electrons. The van der Waals surface area contributed by atoms with E-state index in [1.807, 2.05) is 18.2 Å². The third kappa shape index (κ3) is 2.82. The van der Waals surface area contributed by atoms with E-state index in [1.54, 1.807) is 12.1 Å². The van der Waals surface area contributed by atoms with Gasteiger partial charge in [0.25, 0.3) is 0 Å². The molecule has 0 aromatic heterocycles. The van der Waals surface area contributed by atoms with Crippen molar-refractivity contribution in [1.29, 1.82) is 0 Å². The molecule has 0 spiro atoms. The second-order valence-electron chi connectivity index (χ2n) is 4.84. The first kappa shape index (κ1) is 12.0. The number of aliphatic hydroxyl groups is 1. The largest absolute Gasteiger partial charge is 0.513 e. The molecule has 0 heterocycles. The average molecular weight is 232 g/mol. The first-order valence-electron chi connectivity index (χ1n) is 6.37. The minimum absolute atomic E-state index is 0.324. The van der Waals surface area contributed by atoms with Gasteiger partial charge in [0.15, 0.2) is 0 Å². The summed E-state index contributed by atoms with van der Waals surface area (Å²) >= 11 is 0. The van der Waals surface area contributed by atoms with Crippen molar-refractivity contribution < 1.29 is 10.2 Å². The Kier molecular flexibility index (Phi) is 3.72.